The largest absolute Gasteiger partial charge is 0.381 e. The summed E-state index contributed by atoms with van der Waals surface area (Å²) in [7, 11) is 2.24. The average molecular weight is 242 g/mol. The lowest BCUT2D eigenvalue weighted by molar-refractivity contribution is 0.117. The summed E-state index contributed by atoms with van der Waals surface area (Å²) in [6.07, 6.45) is 2.49. The predicted octanol–water partition coefficient (Wildman–Crippen LogP) is 1.98. The van der Waals surface area contributed by atoms with E-state index in [1.54, 1.807) is 0 Å². The third-order valence-electron chi connectivity index (χ3n) is 3.63. The van der Waals surface area contributed by atoms with Crippen molar-refractivity contribution in [1.29, 1.82) is 0 Å². The highest BCUT2D eigenvalue weighted by Gasteiger charge is 2.35. The molecule has 1 atom stereocenters. The van der Waals surface area contributed by atoms with Gasteiger partial charge in [0.25, 0.3) is 0 Å². The molecule has 1 aliphatic heterocycles. The third-order valence-corrected chi connectivity index (χ3v) is 3.63. The second kappa shape index (κ2) is 7.34. The predicted molar refractivity (Wildman–Crippen MR) is 73.4 cm³/mol. The lowest BCUT2D eigenvalue weighted by Crippen LogP contribution is -2.44. The van der Waals surface area contributed by atoms with Gasteiger partial charge < -0.3 is 15.0 Å². The van der Waals surface area contributed by atoms with E-state index in [2.05, 4.69) is 38.0 Å². The Hall–Kier alpha value is -0.120. The lowest BCUT2D eigenvalue weighted by Gasteiger charge is -2.32. The van der Waals surface area contributed by atoms with Crippen LogP contribution in [0.2, 0.25) is 0 Å². The second-order valence-electron chi connectivity index (χ2n) is 6.00. The van der Waals surface area contributed by atoms with Crippen LogP contribution < -0.4 is 5.32 Å². The smallest absolute Gasteiger partial charge is 0.0547 e. The van der Waals surface area contributed by atoms with Gasteiger partial charge in [-0.3, -0.25) is 0 Å². The Morgan fingerprint density at radius 1 is 1.41 bits per heavy atom. The van der Waals surface area contributed by atoms with Crippen molar-refractivity contribution < 1.29 is 4.74 Å². The van der Waals surface area contributed by atoms with Crippen LogP contribution in [0.1, 0.15) is 33.6 Å². The maximum atomic E-state index is 5.62. The molecule has 1 heterocycles. The Kier molecular flexibility index (Phi) is 6.45. The van der Waals surface area contributed by atoms with Gasteiger partial charge >= 0.3 is 0 Å². The number of hydrogen-bond donors (Lipinski definition) is 1. The zero-order valence-corrected chi connectivity index (χ0v) is 12.1. The summed E-state index contributed by atoms with van der Waals surface area (Å²) in [6, 6.07) is 0. The number of hydrogen-bond acceptors (Lipinski definition) is 3. The first-order valence-corrected chi connectivity index (χ1v) is 7.05. The van der Waals surface area contributed by atoms with Crippen LogP contribution >= 0.6 is 0 Å². The fourth-order valence-corrected chi connectivity index (χ4v) is 2.49. The van der Waals surface area contributed by atoms with E-state index < -0.39 is 0 Å². The molecule has 0 aliphatic carbocycles. The molecule has 17 heavy (non-hydrogen) atoms. The quantitative estimate of drug-likeness (QED) is 0.704. The highest BCUT2D eigenvalue weighted by molar-refractivity contribution is 4.87. The molecule has 1 rings (SSSR count). The van der Waals surface area contributed by atoms with Crippen molar-refractivity contribution in [2.45, 2.75) is 33.6 Å². The number of ether oxygens (including phenoxy) is 1. The summed E-state index contributed by atoms with van der Waals surface area (Å²) >= 11 is 0. The lowest BCUT2D eigenvalue weighted by atomic mass is 9.86. The molecule has 102 valence electrons. The van der Waals surface area contributed by atoms with Crippen molar-refractivity contribution >= 4 is 0 Å². The van der Waals surface area contributed by atoms with Gasteiger partial charge in [-0.25, -0.2) is 0 Å². The van der Waals surface area contributed by atoms with Crippen molar-refractivity contribution in [2.24, 2.45) is 11.3 Å². The Bertz CT molecular complexity index is 200. The molecule has 0 bridgehead atoms. The van der Waals surface area contributed by atoms with Crippen molar-refractivity contribution in [3.8, 4) is 0 Å². The number of nitrogens with zero attached hydrogens (tertiary/aromatic N) is 1. The third kappa shape index (κ3) is 5.36. The summed E-state index contributed by atoms with van der Waals surface area (Å²) in [5, 5.41) is 3.49. The molecule has 3 nitrogen and oxygen atoms in total. The van der Waals surface area contributed by atoms with E-state index in [4.69, 9.17) is 4.74 Å². The summed E-state index contributed by atoms with van der Waals surface area (Å²) < 4.78 is 5.62. The van der Waals surface area contributed by atoms with Crippen LogP contribution in [0.3, 0.4) is 0 Å². The highest BCUT2D eigenvalue weighted by Crippen LogP contribution is 2.28. The molecule has 0 spiro atoms. The molecule has 1 fully saturated rings. The molecule has 0 saturated carbocycles. The van der Waals surface area contributed by atoms with Crippen molar-refractivity contribution in [1.82, 2.24) is 10.2 Å². The van der Waals surface area contributed by atoms with Crippen LogP contribution in [-0.4, -0.2) is 51.3 Å². The van der Waals surface area contributed by atoms with Crippen LogP contribution in [-0.2, 0) is 4.74 Å². The first-order chi connectivity index (χ1) is 8.08. The van der Waals surface area contributed by atoms with E-state index in [1.165, 1.54) is 19.4 Å². The summed E-state index contributed by atoms with van der Waals surface area (Å²) in [5.41, 5.74) is 0.349. The first-order valence-electron chi connectivity index (χ1n) is 7.05. The van der Waals surface area contributed by atoms with E-state index in [0.717, 1.165) is 38.8 Å². The Labute approximate surface area is 107 Å². The van der Waals surface area contributed by atoms with Gasteiger partial charge in [0.05, 0.1) is 6.61 Å². The molecule has 1 saturated heterocycles. The van der Waals surface area contributed by atoms with E-state index in [9.17, 15) is 0 Å². The zero-order valence-electron chi connectivity index (χ0n) is 12.1. The normalized spacial score (nSPS) is 25.1. The standard InChI is InChI=1S/C14H30N2O/c1-5-15-10-14(7-9-17-12-14)11-16(4)8-6-13(2)3/h13,15H,5-12H2,1-4H3. The highest BCUT2D eigenvalue weighted by atomic mass is 16.5. The molecule has 0 radical (unpaired) electrons. The second-order valence-corrected chi connectivity index (χ2v) is 6.00. The minimum atomic E-state index is 0.349. The molecular formula is C14H30N2O. The van der Waals surface area contributed by atoms with Gasteiger partial charge in [0.2, 0.25) is 0 Å². The van der Waals surface area contributed by atoms with Gasteiger partial charge in [-0.15, -0.1) is 0 Å². The molecule has 1 unspecified atom stereocenters. The monoisotopic (exact) mass is 242 g/mol. The van der Waals surface area contributed by atoms with E-state index in [1.807, 2.05) is 0 Å². The van der Waals surface area contributed by atoms with Gasteiger partial charge in [-0.2, -0.15) is 0 Å². The molecule has 0 aromatic rings. The van der Waals surface area contributed by atoms with Crippen LogP contribution in [0, 0.1) is 11.3 Å². The molecular weight excluding hydrogens is 212 g/mol. The molecule has 1 N–H and O–H groups in total. The van der Waals surface area contributed by atoms with Crippen LogP contribution in [0.15, 0.2) is 0 Å². The average Bonchev–Trinajstić information content (AvgIpc) is 2.73. The molecule has 0 aromatic heterocycles. The number of nitrogens with one attached hydrogen (secondary N) is 1. The minimum Gasteiger partial charge on any atom is -0.381 e. The first kappa shape index (κ1) is 14.9. The zero-order chi connectivity index (χ0) is 12.7. The van der Waals surface area contributed by atoms with Gasteiger partial charge in [0.15, 0.2) is 0 Å². The van der Waals surface area contributed by atoms with Crippen LogP contribution in [0.25, 0.3) is 0 Å². The van der Waals surface area contributed by atoms with E-state index in [-0.39, 0.29) is 0 Å². The van der Waals surface area contributed by atoms with E-state index in [0.29, 0.717) is 5.41 Å². The number of rotatable bonds is 8. The topological polar surface area (TPSA) is 24.5 Å². The molecule has 0 aromatic carbocycles. The fourth-order valence-electron chi connectivity index (χ4n) is 2.49. The summed E-state index contributed by atoms with van der Waals surface area (Å²) in [4.78, 5) is 2.48. The molecule has 0 amide bonds. The summed E-state index contributed by atoms with van der Waals surface area (Å²) in [6.45, 7) is 13.1. The van der Waals surface area contributed by atoms with Crippen LogP contribution in [0.4, 0.5) is 0 Å². The summed E-state index contributed by atoms with van der Waals surface area (Å²) in [5.74, 6) is 0.794. The molecule has 1 aliphatic rings. The van der Waals surface area contributed by atoms with Crippen molar-refractivity contribution in [2.75, 3.05) is 46.4 Å². The van der Waals surface area contributed by atoms with Gasteiger partial charge in [0.1, 0.15) is 0 Å². The SMILES string of the molecule is CCNCC1(CN(C)CCC(C)C)CCOC1. The van der Waals surface area contributed by atoms with Gasteiger partial charge in [-0.05, 0) is 38.9 Å². The van der Waals surface area contributed by atoms with Crippen molar-refractivity contribution in [3.63, 3.8) is 0 Å². The van der Waals surface area contributed by atoms with Gasteiger partial charge in [-0.1, -0.05) is 20.8 Å². The Morgan fingerprint density at radius 2 is 2.18 bits per heavy atom. The Balaban J connectivity index is 2.37. The molecule has 3 heteroatoms. The minimum absolute atomic E-state index is 0.349. The van der Waals surface area contributed by atoms with Crippen LogP contribution in [0.5, 0.6) is 0 Å². The van der Waals surface area contributed by atoms with E-state index >= 15 is 0 Å². The fraction of sp³-hybridized carbons (Fsp3) is 1.00. The maximum absolute atomic E-state index is 5.62. The van der Waals surface area contributed by atoms with Crippen molar-refractivity contribution in [3.05, 3.63) is 0 Å². The van der Waals surface area contributed by atoms with Gasteiger partial charge in [0, 0.05) is 25.1 Å². The Morgan fingerprint density at radius 3 is 2.71 bits per heavy atom. The maximum Gasteiger partial charge on any atom is 0.0547 e.